The second-order valence-corrected chi connectivity index (χ2v) is 3.03. The van der Waals surface area contributed by atoms with Crippen LogP contribution in [0.15, 0.2) is 34.7 Å². The van der Waals surface area contributed by atoms with Gasteiger partial charge in [-0.2, -0.15) is 0 Å². The highest BCUT2D eigenvalue weighted by Crippen LogP contribution is 2.18. The summed E-state index contributed by atoms with van der Waals surface area (Å²) in [5, 5.41) is 4.41. The predicted molar refractivity (Wildman–Crippen MR) is 53.6 cm³/mol. The first kappa shape index (κ1) is 8.32. The van der Waals surface area contributed by atoms with E-state index in [1.165, 1.54) is 5.39 Å². The summed E-state index contributed by atoms with van der Waals surface area (Å²) in [5.41, 5.74) is 0.968. The number of hydrogen-bond donors (Lipinski definition) is 1. The van der Waals surface area contributed by atoms with Gasteiger partial charge in [-0.1, -0.05) is 25.1 Å². The Labute approximate surface area is 77.6 Å². The molecule has 13 heavy (non-hydrogen) atoms. The van der Waals surface area contributed by atoms with Crippen molar-refractivity contribution >= 4 is 11.0 Å². The van der Waals surface area contributed by atoms with Crippen LogP contribution in [0.5, 0.6) is 0 Å². The summed E-state index contributed by atoms with van der Waals surface area (Å²) in [6, 6.07) is 10.1. The maximum atomic E-state index is 5.61. The standard InChI is InChI=1S/C11H13NO/c1-2-12-8-10-7-9-5-3-4-6-11(9)13-10/h3-7,12H,2,8H2,1H3. The second kappa shape index (κ2) is 3.62. The molecular formula is C11H13NO. The summed E-state index contributed by atoms with van der Waals surface area (Å²) < 4.78 is 5.61. The van der Waals surface area contributed by atoms with Gasteiger partial charge in [-0.3, -0.25) is 0 Å². The summed E-state index contributed by atoms with van der Waals surface area (Å²) >= 11 is 0. The van der Waals surface area contributed by atoms with E-state index in [1.807, 2.05) is 18.2 Å². The van der Waals surface area contributed by atoms with Crippen molar-refractivity contribution in [3.05, 3.63) is 36.1 Å². The number of nitrogens with one attached hydrogen (secondary N) is 1. The van der Waals surface area contributed by atoms with Crippen molar-refractivity contribution < 1.29 is 4.42 Å². The van der Waals surface area contributed by atoms with Crippen molar-refractivity contribution in [1.29, 1.82) is 0 Å². The molecule has 0 bridgehead atoms. The largest absolute Gasteiger partial charge is 0.460 e. The molecule has 2 aromatic rings. The Bertz CT molecular complexity index is 359. The molecule has 2 heteroatoms. The van der Waals surface area contributed by atoms with Gasteiger partial charge in [0.05, 0.1) is 6.54 Å². The molecular weight excluding hydrogens is 162 g/mol. The Morgan fingerprint density at radius 2 is 2.15 bits per heavy atom. The fourth-order valence-corrected chi connectivity index (χ4v) is 1.37. The van der Waals surface area contributed by atoms with Gasteiger partial charge in [0.25, 0.3) is 0 Å². The normalized spacial score (nSPS) is 10.8. The molecule has 0 unspecified atom stereocenters. The Morgan fingerprint density at radius 3 is 2.92 bits per heavy atom. The molecule has 0 aliphatic heterocycles. The molecule has 2 rings (SSSR count). The summed E-state index contributed by atoms with van der Waals surface area (Å²) in [6.07, 6.45) is 0. The van der Waals surface area contributed by atoms with Crippen molar-refractivity contribution in [3.8, 4) is 0 Å². The van der Waals surface area contributed by atoms with Crippen LogP contribution >= 0.6 is 0 Å². The molecule has 68 valence electrons. The minimum Gasteiger partial charge on any atom is -0.460 e. The lowest BCUT2D eigenvalue weighted by Gasteiger charge is -1.94. The van der Waals surface area contributed by atoms with E-state index in [4.69, 9.17) is 4.42 Å². The highest BCUT2D eigenvalue weighted by molar-refractivity contribution is 5.77. The third kappa shape index (κ3) is 1.73. The van der Waals surface area contributed by atoms with E-state index in [9.17, 15) is 0 Å². The van der Waals surface area contributed by atoms with Crippen LogP contribution < -0.4 is 5.32 Å². The van der Waals surface area contributed by atoms with Crippen molar-refractivity contribution in [2.24, 2.45) is 0 Å². The quantitative estimate of drug-likeness (QED) is 0.775. The van der Waals surface area contributed by atoms with E-state index >= 15 is 0 Å². The smallest absolute Gasteiger partial charge is 0.134 e. The number of furan rings is 1. The van der Waals surface area contributed by atoms with Crippen molar-refractivity contribution in [2.75, 3.05) is 6.54 Å². The highest BCUT2D eigenvalue weighted by atomic mass is 16.3. The van der Waals surface area contributed by atoms with Gasteiger partial charge >= 0.3 is 0 Å². The topological polar surface area (TPSA) is 25.2 Å². The van der Waals surface area contributed by atoms with Crippen LogP contribution in [-0.2, 0) is 6.54 Å². The first-order valence-electron chi connectivity index (χ1n) is 4.58. The van der Waals surface area contributed by atoms with Crippen LogP contribution in [0.1, 0.15) is 12.7 Å². The summed E-state index contributed by atoms with van der Waals surface area (Å²) in [7, 11) is 0. The first-order chi connectivity index (χ1) is 6.40. The van der Waals surface area contributed by atoms with Gasteiger partial charge < -0.3 is 9.73 Å². The number of fused-ring (bicyclic) bond motifs is 1. The summed E-state index contributed by atoms with van der Waals surface area (Å²) in [5.74, 6) is 1.00. The van der Waals surface area contributed by atoms with Gasteiger partial charge in [0.2, 0.25) is 0 Å². The molecule has 0 saturated heterocycles. The third-order valence-electron chi connectivity index (χ3n) is 2.03. The first-order valence-corrected chi connectivity index (χ1v) is 4.58. The Morgan fingerprint density at radius 1 is 1.31 bits per heavy atom. The maximum Gasteiger partial charge on any atom is 0.134 e. The predicted octanol–water partition coefficient (Wildman–Crippen LogP) is 2.54. The molecule has 0 aliphatic rings. The second-order valence-electron chi connectivity index (χ2n) is 3.03. The molecule has 0 radical (unpaired) electrons. The minimum atomic E-state index is 0.811. The molecule has 2 nitrogen and oxygen atoms in total. The maximum absolute atomic E-state index is 5.61. The lowest BCUT2D eigenvalue weighted by molar-refractivity contribution is 0.520. The zero-order valence-corrected chi connectivity index (χ0v) is 7.71. The Hall–Kier alpha value is -1.28. The van der Waals surface area contributed by atoms with E-state index in [2.05, 4.69) is 24.4 Å². The van der Waals surface area contributed by atoms with Crippen molar-refractivity contribution in [3.63, 3.8) is 0 Å². The van der Waals surface area contributed by atoms with Gasteiger partial charge in [-0.05, 0) is 18.7 Å². The molecule has 1 N–H and O–H groups in total. The number of hydrogen-bond acceptors (Lipinski definition) is 2. The van der Waals surface area contributed by atoms with Crippen LogP contribution in [0.3, 0.4) is 0 Å². The molecule has 0 aliphatic carbocycles. The van der Waals surface area contributed by atoms with Crippen molar-refractivity contribution in [1.82, 2.24) is 5.32 Å². The molecule has 0 fully saturated rings. The average molecular weight is 175 g/mol. The molecule has 1 heterocycles. The van der Waals surface area contributed by atoms with Crippen LogP contribution in [-0.4, -0.2) is 6.54 Å². The van der Waals surface area contributed by atoms with Gasteiger partial charge in [0.1, 0.15) is 11.3 Å². The van der Waals surface area contributed by atoms with E-state index < -0.39 is 0 Å². The summed E-state index contributed by atoms with van der Waals surface area (Å²) in [6.45, 7) is 3.87. The SMILES string of the molecule is CCNCc1cc2ccccc2o1. The van der Waals surface area contributed by atoms with E-state index in [1.54, 1.807) is 0 Å². The van der Waals surface area contributed by atoms with Gasteiger partial charge in [0.15, 0.2) is 0 Å². The molecule has 0 atom stereocenters. The third-order valence-corrected chi connectivity index (χ3v) is 2.03. The van der Waals surface area contributed by atoms with E-state index in [0.717, 1.165) is 24.4 Å². The minimum absolute atomic E-state index is 0.811. The van der Waals surface area contributed by atoms with Crippen molar-refractivity contribution in [2.45, 2.75) is 13.5 Å². The zero-order valence-electron chi connectivity index (χ0n) is 7.71. The van der Waals surface area contributed by atoms with E-state index in [-0.39, 0.29) is 0 Å². The summed E-state index contributed by atoms with van der Waals surface area (Å²) in [4.78, 5) is 0. The van der Waals surface area contributed by atoms with Crippen LogP contribution in [0, 0.1) is 0 Å². The van der Waals surface area contributed by atoms with E-state index in [0.29, 0.717) is 0 Å². The fourth-order valence-electron chi connectivity index (χ4n) is 1.37. The molecule has 1 aromatic heterocycles. The Balaban J connectivity index is 2.28. The lowest BCUT2D eigenvalue weighted by Crippen LogP contribution is -2.10. The number of rotatable bonds is 3. The molecule has 0 amide bonds. The fraction of sp³-hybridized carbons (Fsp3) is 0.273. The number of benzene rings is 1. The number of para-hydroxylation sites is 1. The Kier molecular flexibility index (Phi) is 2.32. The van der Waals surface area contributed by atoms with Gasteiger partial charge in [-0.15, -0.1) is 0 Å². The zero-order chi connectivity index (χ0) is 9.10. The van der Waals surface area contributed by atoms with Crippen LogP contribution in [0.4, 0.5) is 0 Å². The molecule has 0 spiro atoms. The monoisotopic (exact) mass is 175 g/mol. The molecule has 0 saturated carbocycles. The molecule has 1 aromatic carbocycles. The lowest BCUT2D eigenvalue weighted by atomic mass is 10.2. The van der Waals surface area contributed by atoms with Gasteiger partial charge in [0, 0.05) is 5.39 Å². The van der Waals surface area contributed by atoms with Gasteiger partial charge in [-0.25, -0.2) is 0 Å². The van der Waals surface area contributed by atoms with Crippen LogP contribution in [0.25, 0.3) is 11.0 Å². The average Bonchev–Trinajstić information content (AvgIpc) is 2.57. The highest BCUT2D eigenvalue weighted by Gasteiger charge is 2.00. The van der Waals surface area contributed by atoms with Crippen LogP contribution in [0.2, 0.25) is 0 Å².